The standard InChI is InChI=1S/C17H19N5S/c1-14-8-6-7-9-15(14)12-20(2)13-21-17(23)22(19-18-21)16-10-4-3-5-11-16/h3-11H,12-13H2,1-2H3. The Labute approximate surface area is 140 Å². The van der Waals surface area contributed by atoms with E-state index in [1.54, 1.807) is 9.36 Å². The minimum absolute atomic E-state index is 0.591. The van der Waals surface area contributed by atoms with Crippen molar-refractivity contribution in [3.8, 4) is 5.69 Å². The van der Waals surface area contributed by atoms with Crippen molar-refractivity contribution in [2.24, 2.45) is 0 Å². The van der Waals surface area contributed by atoms with Gasteiger partial charge in [-0.2, -0.15) is 4.68 Å². The first kappa shape index (κ1) is 15.6. The van der Waals surface area contributed by atoms with E-state index in [4.69, 9.17) is 12.2 Å². The minimum Gasteiger partial charge on any atom is -0.283 e. The Bertz CT molecular complexity index is 837. The van der Waals surface area contributed by atoms with E-state index in [9.17, 15) is 0 Å². The molecule has 0 bridgehead atoms. The molecule has 0 aliphatic rings. The van der Waals surface area contributed by atoms with Gasteiger partial charge in [-0.25, -0.2) is 4.68 Å². The first-order valence-electron chi connectivity index (χ1n) is 7.46. The number of nitrogens with zero attached hydrogens (tertiary/aromatic N) is 5. The number of rotatable bonds is 5. The van der Waals surface area contributed by atoms with E-state index in [2.05, 4.69) is 53.6 Å². The van der Waals surface area contributed by atoms with Gasteiger partial charge in [-0.3, -0.25) is 4.90 Å². The Hall–Kier alpha value is -2.31. The second kappa shape index (κ2) is 6.85. The molecule has 5 nitrogen and oxygen atoms in total. The third kappa shape index (κ3) is 3.55. The molecule has 3 rings (SSSR count). The third-order valence-electron chi connectivity index (χ3n) is 3.72. The third-order valence-corrected chi connectivity index (χ3v) is 4.10. The highest BCUT2D eigenvalue weighted by Gasteiger charge is 2.08. The molecule has 23 heavy (non-hydrogen) atoms. The lowest BCUT2D eigenvalue weighted by atomic mass is 10.1. The number of benzene rings is 2. The highest BCUT2D eigenvalue weighted by Crippen LogP contribution is 2.10. The van der Waals surface area contributed by atoms with Gasteiger partial charge in [0.2, 0.25) is 4.77 Å². The second-order valence-corrected chi connectivity index (χ2v) is 5.96. The van der Waals surface area contributed by atoms with Crippen LogP contribution in [0.5, 0.6) is 0 Å². The van der Waals surface area contributed by atoms with Gasteiger partial charge in [0.15, 0.2) is 0 Å². The molecule has 0 amide bonds. The molecule has 1 heterocycles. The van der Waals surface area contributed by atoms with Crippen LogP contribution < -0.4 is 0 Å². The largest absolute Gasteiger partial charge is 0.283 e. The van der Waals surface area contributed by atoms with Crippen LogP contribution in [0.2, 0.25) is 0 Å². The van der Waals surface area contributed by atoms with Crippen molar-refractivity contribution in [1.29, 1.82) is 0 Å². The minimum atomic E-state index is 0.591. The number of aromatic nitrogens is 4. The normalized spacial score (nSPS) is 11.1. The summed E-state index contributed by atoms with van der Waals surface area (Å²) in [6.07, 6.45) is 0. The van der Waals surface area contributed by atoms with Crippen LogP contribution in [-0.2, 0) is 13.2 Å². The van der Waals surface area contributed by atoms with E-state index < -0.39 is 0 Å². The summed E-state index contributed by atoms with van der Waals surface area (Å²) in [4.78, 5) is 2.17. The van der Waals surface area contributed by atoms with Crippen LogP contribution in [0.15, 0.2) is 54.6 Å². The van der Waals surface area contributed by atoms with Crippen LogP contribution >= 0.6 is 12.2 Å². The van der Waals surface area contributed by atoms with Gasteiger partial charge in [0, 0.05) is 6.54 Å². The molecule has 0 atom stereocenters. The van der Waals surface area contributed by atoms with E-state index in [0.29, 0.717) is 11.4 Å². The molecule has 0 aliphatic carbocycles. The van der Waals surface area contributed by atoms with Gasteiger partial charge in [-0.1, -0.05) is 42.5 Å². The van der Waals surface area contributed by atoms with Gasteiger partial charge in [-0.05, 0) is 59.9 Å². The van der Waals surface area contributed by atoms with Crippen molar-refractivity contribution in [2.45, 2.75) is 20.1 Å². The molecule has 3 aromatic rings. The van der Waals surface area contributed by atoms with Gasteiger partial charge in [0.05, 0.1) is 12.4 Å². The van der Waals surface area contributed by atoms with Crippen molar-refractivity contribution < 1.29 is 0 Å². The molecule has 0 N–H and O–H groups in total. The van der Waals surface area contributed by atoms with Crippen LogP contribution in [0.4, 0.5) is 0 Å². The summed E-state index contributed by atoms with van der Waals surface area (Å²) in [6, 6.07) is 18.2. The number of para-hydroxylation sites is 1. The first-order valence-corrected chi connectivity index (χ1v) is 7.87. The molecule has 6 heteroatoms. The lowest BCUT2D eigenvalue weighted by molar-refractivity contribution is 0.241. The summed E-state index contributed by atoms with van der Waals surface area (Å²) in [5, 5.41) is 8.34. The van der Waals surface area contributed by atoms with Gasteiger partial charge in [0.25, 0.3) is 0 Å². The van der Waals surface area contributed by atoms with Crippen molar-refractivity contribution in [3.63, 3.8) is 0 Å². The summed E-state index contributed by atoms with van der Waals surface area (Å²) in [7, 11) is 2.05. The van der Waals surface area contributed by atoms with E-state index >= 15 is 0 Å². The fourth-order valence-electron chi connectivity index (χ4n) is 2.45. The summed E-state index contributed by atoms with van der Waals surface area (Å²) < 4.78 is 4.00. The highest BCUT2D eigenvalue weighted by atomic mass is 32.1. The Morgan fingerprint density at radius 3 is 2.43 bits per heavy atom. The second-order valence-electron chi connectivity index (χ2n) is 5.59. The molecule has 0 unspecified atom stereocenters. The van der Waals surface area contributed by atoms with Crippen LogP contribution in [-0.4, -0.2) is 31.7 Å². The average molecular weight is 325 g/mol. The van der Waals surface area contributed by atoms with Crippen molar-refractivity contribution in [1.82, 2.24) is 24.7 Å². The SMILES string of the molecule is Cc1ccccc1CN(C)Cn1nnn(-c2ccccc2)c1=S. The summed E-state index contributed by atoms with van der Waals surface area (Å²) in [5.41, 5.74) is 3.51. The van der Waals surface area contributed by atoms with Gasteiger partial charge in [-0.15, -0.1) is 0 Å². The summed E-state index contributed by atoms with van der Waals surface area (Å²) in [6.45, 7) is 3.56. The number of hydrogen-bond donors (Lipinski definition) is 0. The fourth-order valence-corrected chi connectivity index (χ4v) is 2.69. The zero-order valence-corrected chi connectivity index (χ0v) is 14.1. The van der Waals surface area contributed by atoms with Crippen LogP contribution in [0.1, 0.15) is 11.1 Å². The van der Waals surface area contributed by atoms with Crippen molar-refractivity contribution >= 4 is 12.2 Å². The lowest BCUT2D eigenvalue weighted by Gasteiger charge is -2.17. The van der Waals surface area contributed by atoms with E-state index in [0.717, 1.165) is 12.2 Å². The highest BCUT2D eigenvalue weighted by molar-refractivity contribution is 7.71. The molecule has 0 saturated heterocycles. The van der Waals surface area contributed by atoms with Gasteiger partial charge >= 0.3 is 0 Å². The zero-order chi connectivity index (χ0) is 16.2. The van der Waals surface area contributed by atoms with E-state index in [1.807, 2.05) is 30.3 Å². The molecule has 118 valence electrons. The van der Waals surface area contributed by atoms with Gasteiger partial charge in [0.1, 0.15) is 0 Å². The number of hydrogen-bond acceptors (Lipinski definition) is 4. The maximum Gasteiger partial charge on any atom is 0.221 e. The van der Waals surface area contributed by atoms with Crippen LogP contribution in [0.3, 0.4) is 0 Å². The Kier molecular flexibility index (Phi) is 4.64. The monoisotopic (exact) mass is 325 g/mol. The predicted octanol–water partition coefficient (Wildman–Crippen LogP) is 3.20. The molecular weight excluding hydrogens is 306 g/mol. The molecule has 0 saturated carbocycles. The van der Waals surface area contributed by atoms with Crippen molar-refractivity contribution in [2.75, 3.05) is 7.05 Å². The lowest BCUT2D eigenvalue weighted by Crippen LogP contribution is -2.23. The average Bonchev–Trinajstić information content (AvgIpc) is 2.91. The fraction of sp³-hybridized carbons (Fsp3) is 0.235. The van der Waals surface area contributed by atoms with Crippen molar-refractivity contribution in [3.05, 3.63) is 70.5 Å². The topological polar surface area (TPSA) is 38.9 Å². The quantitative estimate of drug-likeness (QED) is 0.675. The smallest absolute Gasteiger partial charge is 0.221 e. The summed E-state index contributed by atoms with van der Waals surface area (Å²) >= 11 is 5.49. The molecule has 0 aliphatic heterocycles. The molecule has 1 aromatic heterocycles. The molecule has 0 fully saturated rings. The Balaban J connectivity index is 1.75. The molecular formula is C17H19N5S. The molecule has 0 spiro atoms. The Morgan fingerprint density at radius 2 is 1.70 bits per heavy atom. The summed E-state index contributed by atoms with van der Waals surface area (Å²) in [5.74, 6) is 0. The zero-order valence-electron chi connectivity index (χ0n) is 13.3. The maximum absolute atomic E-state index is 5.49. The van der Waals surface area contributed by atoms with Gasteiger partial charge < -0.3 is 0 Å². The Morgan fingerprint density at radius 1 is 1.00 bits per heavy atom. The first-order chi connectivity index (χ1) is 11.1. The van der Waals surface area contributed by atoms with E-state index in [-0.39, 0.29) is 0 Å². The molecule has 2 aromatic carbocycles. The van der Waals surface area contributed by atoms with E-state index in [1.165, 1.54) is 11.1 Å². The number of tetrazole rings is 1. The van der Waals surface area contributed by atoms with Crippen LogP contribution in [0, 0.1) is 11.7 Å². The predicted molar refractivity (Wildman–Crippen MR) is 92.8 cm³/mol. The van der Waals surface area contributed by atoms with Crippen LogP contribution in [0.25, 0.3) is 5.69 Å². The molecule has 0 radical (unpaired) electrons. The maximum atomic E-state index is 5.49. The number of aryl methyl sites for hydroxylation is 1.